The van der Waals surface area contributed by atoms with Crippen LogP contribution in [-0.4, -0.2) is 23.3 Å². The van der Waals surface area contributed by atoms with Gasteiger partial charge < -0.3 is 4.90 Å². The third-order valence-electron chi connectivity index (χ3n) is 3.38. The molecule has 1 unspecified atom stereocenters. The molecule has 2 nitrogen and oxygen atoms in total. The molecule has 3 rings (SSSR count). The zero-order valence-electron chi connectivity index (χ0n) is 11.2. The molecule has 1 atom stereocenters. The van der Waals surface area contributed by atoms with Crippen molar-refractivity contribution in [1.82, 2.24) is 4.90 Å². The van der Waals surface area contributed by atoms with Gasteiger partial charge in [-0.05, 0) is 12.5 Å². The SMILES string of the molecule is CC1CN(Cc2ccccc2)C(c2ccccc2)=N1. The van der Waals surface area contributed by atoms with E-state index in [-0.39, 0.29) is 0 Å². The smallest absolute Gasteiger partial charge is 0.131 e. The molecule has 1 aliphatic heterocycles. The molecule has 19 heavy (non-hydrogen) atoms. The van der Waals surface area contributed by atoms with Gasteiger partial charge in [0.05, 0.1) is 6.04 Å². The molecular weight excluding hydrogens is 232 g/mol. The molecule has 2 aromatic carbocycles. The predicted molar refractivity (Wildman–Crippen MR) is 79.3 cm³/mol. The minimum Gasteiger partial charge on any atom is -0.350 e. The third-order valence-corrected chi connectivity index (χ3v) is 3.38. The summed E-state index contributed by atoms with van der Waals surface area (Å²) in [6.45, 7) is 4.10. The molecule has 2 heteroatoms. The van der Waals surface area contributed by atoms with Gasteiger partial charge in [-0.2, -0.15) is 0 Å². The van der Waals surface area contributed by atoms with Crippen LogP contribution in [0.25, 0.3) is 0 Å². The molecule has 0 N–H and O–H groups in total. The first kappa shape index (κ1) is 12.0. The highest BCUT2D eigenvalue weighted by Gasteiger charge is 2.23. The topological polar surface area (TPSA) is 15.6 Å². The summed E-state index contributed by atoms with van der Waals surface area (Å²) in [7, 11) is 0. The van der Waals surface area contributed by atoms with Crippen LogP contribution >= 0.6 is 0 Å². The van der Waals surface area contributed by atoms with Gasteiger partial charge in [0.1, 0.15) is 5.84 Å². The second-order valence-electron chi connectivity index (χ2n) is 5.03. The summed E-state index contributed by atoms with van der Waals surface area (Å²) in [5.41, 5.74) is 2.54. The average molecular weight is 250 g/mol. The Morgan fingerprint density at radius 1 is 1.00 bits per heavy atom. The van der Waals surface area contributed by atoms with Crippen LogP contribution in [-0.2, 0) is 6.54 Å². The molecule has 0 spiro atoms. The van der Waals surface area contributed by atoms with Crippen molar-refractivity contribution in [3.8, 4) is 0 Å². The second-order valence-corrected chi connectivity index (χ2v) is 5.03. The molecule has 0 saturated carbocycles. The van der Waals surface area contributed by atoms with Crippen molar-refractivity contribution in [1.29, 1.82) is 0 Å². The Kier molecular flexibility index (Phi) is 3.32. The Morgan fingerprint density at radius 2 is 1.63 bits per heavy atom. The quantitative estimate of drug-likeness (QED) is 0.815. The summed E-state index contributed by atoms with van der Waals surface area (Å²) in [5.74, 6) is 1.12. The van der Waals surface area contributed by atoms with Crippen LogP contribution in [0.4, 0.5) is 0 Å². The number of hydrogen-bond acceptors (Lipinski definition) is 2. The predicted octanol–water partition coefficient (Wildman–Crippen LogP) is 3.34. The summed E-state index contributed by atoms with van der Waals surface area (Å²) >= 11 is 0. The molecule has 1 aliphatic rings. The molecule has 0 radical (unpaired) electrons. The lowest BCUT2D eigenvalue weighted by Gasteiger charge is -2.21. The van der Waals surface area contributed by atoms with Crippen LogP contribution in [0.5, 0.6) is 0 Å². The Bertz CT molecular complexity index is 560. The molecule has 1 heterocycles. The molecule has 0 aromatic heterocycles. The highest BCUT2D eigenvalue weighted by Crippen LogP contribution is 2.18. The second kappa shape index (κ2) is 5.27. The van der Waals surface area contributed by atoms with Crippen LogP contribution in [0, 0.1) is 0 Å². The standard InChI is InChI=1S/C17H18N2/c1-14-12-19(13-15-8-4-2-5-9-15)17(18-14)16-10-6-3-7-11-16/h2-11,14H,12-13H2,1H3. The molecule has 2 aromatic rings. The van der Waals surface area contributed by atoms with Gasteiger partial charge in [0.15, 0.2) is 0 Å². The van der Waals surface area contributed by atoms with E-state index in [0.29, 0.717) is 6.04 Å². The largest absolute Gasteiger partial charge is 0.350 e. The minimum atomic E-state index is 0.374. The Labute approximate surface area is 114 Å². The van der Waals surface area contributed by atoms with Gasteiger partial charge in [-0.25, -0.2) is 0 Å². The fraction of sp³-hybridized carbons (Fsp3) is 0.235. The Morgan fingerprint density at radius 3 is 2.32 bits per heavy atom. The Balaban J connectivity index is 1.84. The first-order chi connectivity index (χ1) is 9.33. The van der Waals surface area contributed by atoms with E-state index in [1.54, 1.807) is 0 Å². The lowest BCUT2D eigenvalue weighted by Crippen LogP contribution is -2.29. The molecule has 0 bridgehead atoms. The summed E-state index contributed by atoms with van der Waals surface area (Å²) < 4.78 is 0. The van der Waals surface area contributed by atoms with Crippen molar-refractivity contribution in [2.45, 2.75) is 19.5 Å². The van der Waals surface area contributed by atoms with E-state index in [9.17, 15) is 0 Å². The van der Waals surface area contributed by atoms with Crippen LogP contribution in [0.1, 0.15) is 18.1 Å². The summed E-state index contributed by atoms with van der Waals surface area (Å²) in [5, 5.41) is 0. The van der Waals surface area contributed by atoms with Crippen LogP contribution < -0.4 is 0 Å². The van der Waals surface area contributed by atoms with E-state index in [1.807, 2.05) is 6.07 Å². The number of amidine groups is 1. The number of hydrogen-bond donors (Lipinski definition) is 0. The van der Waals surface area contributed by atoms with Crippen molar-refractivity contribution >= 4 is 5.84 Å². The number of nitrogens with zero attached hydrogens (tertiary/aromatic N) is 2. The molecule has 0 fully saturated rings. The molecule has 0 saturated heterocycles. The van der Waals surface area contributed by atoms with Gasteiger partial charge in [0, 0.05) is 18.7 Å². The van der Waals surface area contributed by atoms with Gasteiger partial charge in [-0.3, -0.25) is 4.99 Å². The first-order valence-electron chi connectivity index (χ1n) is 6.75. The van der Waals surface area contributed by atoms with E-state index in [2.05, 4.69) is 66.4 Å². The first-order valence-corrected chi connectivity index (χ1v) is 6.75. The summed E-state index contributed by atoms with van der Waals surface area (Å²) in [6, 6.07) is 21.4. The zero-order chi connectivity index (χ0) is 13.1. The molecular formula is C17H18N2. The summed E-state index contributed by atoms with van der Waals surface area (Å²) in [6.07, 6.45) is 0. The molecule has 0 aliphatic carbocycles. The summed E-state index contributed by atoms with van der Waals surface area (Å²) in [4.78, 5) is 7.15. The highest BCUT2D eigenvalue weighted by atomic mass is 15.2. The van der Waals surface area contributed by atoms with E-state index in [4.69, 9.17) is 4.99 Å². The third kappa shape index (κ3) is 2.68. The van der Waals surface area contributed by atoms with Crippen molar-refractivity contribution in [3.05, 3.63) is 71.8 Å². The normalized spacial score (nSPS) is 18.5. The number of benzene rings is 2. The van der Waals surface area contributed by atoms with Crippen molar-refractivity contribution < 1.29 is 0 Å². The van der Waals surface area contributed by atoms with Crippen LogP contribution in [0.3, 0.4) is 0 Å². The maximum atomic E-state index is 4.78. The van der Waals surface area contributed by atoms with Gasteiger partial charge >= 0.3 is 0 Å². The van der Waals surface area contributed by atoms with Crippen molar-refractivity contribution in [2.24, 2.45) is 4.99 Å². The monoisotopic (exact) mass is 250 g/mol. The fourth-order valence-electron chi connectivity index (χ4n) is 2.52. The van der Waals surface area contributed by atoms with Crippen molar-refractivity contribution in [2.75, 3.05) is 6.54 Å². The van der Waals surface area contributed by atoms with E-state index in [1.165, 1.54) is 11.1 Å². The van der Waals surface area contributed by atoms with E-state index in [0.717, 1.165) is 18.9 Å². The highest BCUT2D eigenvalue weighted by molar-refractivity contribution is 5.99. The van der Waals surface area contributed by atoms with Gasteiger partial charge in [-0.1, -0.05) is 60.7 Å². The molecule has 96 valence electrons. The maximum absolute atomic E-state index is 4.78. The van der Waals surface area contributed by atoms with Crippen LogP contribution in [0.2, 0.25) is 0 Å². The minimum absolute atomic E-state index is 0.374. The molecule has 0 amide bonds. The number of aliphatic imine (C=N–C) groups is 1. The lowest BCUT2D eigenvalue weighted by molar-refractivity contribution is 0.426. The maximum Gasteiger partial charge on any atom is 0.131 e. The van der Waals surface area contributed by atoms with Gasteiger partial charge in [0.25, 0.3) is 0 Å². The fourth-order valence-corrected chi connectivity index (χ4v) is 2.52. The average Bonchev–Trinajstić information content (AvgIpc) is 2.82. The Hall–Kier alpha value is -2.09. The van der Waals surface area contributed by atoms with Crippen molar-refractivity contribution in [3.63, 3.8) is 0 Å². The van der Waals surface area contributed by atoms with Gasteiger partial charge in [0.2, 0.25) is 0 Å². The number of rotatable bonds is 3. The van der Waals surface area contributed by atoms with Crippen LogP contribution in [0.15, 0.2) is 65.7 Å². The van der Waals surface area contributed by atoms with Gasteiger partial charge in [-0.15, -0.1) is 0 Å². The van der Waals surface area contributed by atoms with E-state index < -0.39 is 0 Å². The lowest BCUT2D eigenvalue weighted by atomic mass is 10.1. The zero-order valence-corrected chi connectivity index (χ0v) is 11.2. The van der Waals surface area contributed by atoms with E-state index >= 15 is 0 Å².